The Morgan fingerprint density at radius 3 is 2.33 bits per heavy atom. The summed E-state index contributed by atoms with van der Waals surface area (Å²) in [6, 6.07) is 3.82. The van der Waals surface area contributed by atoms with Gasteiger partial charge in [-0.3, -0.25) is 0 Å². The third-order valence-electron chi connectivity index (χ3n) is 2.42. The fraction of sp³-hybridized carbons (Fsp3) is 0.167. The summed E-state index contributed by atoms with van der Waals surface area (Å²) in [7, 11) is 1.34. The first-order chi connectivity index (χ1) is 8.54. The van der Waals surface area contributed by atoms with Gasteiger partial charge in [0, 0.05) is 22.6 Å². The molecule has 2 aromatic rings. The van der Waals surface area contributed by atoms with Crippen LogP contribution in [0, 0.1) is 11.6 Å². The van der Waals surface area contributed by atoms with Crippen molar-refractivity contribution >= 4 is 34.5 Å². The van der Waals surface area contributed by atoms with E-state index in [1.807, 2.05) is 0 Å². The van der Waals surface area contributed by atoms with Crippen LogP contribution in [0.1, 0.15) is 15.8 Å². The molecule has 0 N–H and O–H groups in total. The predicted molar refractivity (Wildman–Crippen MR) is 69.9 cm³/mol. The zero-order valence-electron chi connectivity index (χ0n) is 9.22. The third-order valence-corrected chi connectivity index (χ3v) is 4.41. The minimum Gasteiger partial charge on any atom is -0.497 e. The maximum Gasteiger partial charge on any atom is 0.134 e. The number of thiophene rings is 1. The topological polar surface area (TPSA) is 9.23 Å². The van der Waals surface area contributed by atoms with Crippen LogP contribution in [0.4, 0.5) is 8.78 Å². The summed E-state index contributed by atoms with van der Waals surface area (Å²) in [4.78, 5) is 0.515. The second-order valence-electron chi connectivity index (χ2n) is 3.50. The van der Waals surface area contributed by atoms with Gasteiger partial charge in [-0.2, -0.15) is 0 Å². The largest absolute Gasteiger partial charge is 0.497 e. The fourth-order valence-electron chi connectivity index (χ4n) is 1.54. The normalized spacial score (nSPS) is 12.5. The summed E-state index contributed by atoms with van der Waals surface area (Å²) < 4.78 is 32.4. The van der Waals surface area contributed by atoms with Crippen LogP contribution in [-0.2, 0) is 0 Å². The number of ether oxygens (including phenoxy) is 1. The fourth-order valence-corrected chi connectivity index (χ4v) is 3.22. The Labute approximate surface area is 117 Å². The van der Waals surface area contributed by atoms with Gasteiger partial charge in [0.25, 0.3) is 0 Å². The highest BCUT2D eigenvalue weighted by atomic mass is 35.5. The first-order valence-electron chi connectivity index (χ1n) is 4.94. The van der Waals surface area contributed by atoms with Crippen LogP contribution in [0.5, 0.6) is 5.75 Å². The van der Waals surface area contributed by atoms with Crippen LogP contribution in [-0.4, -0.2) is 7.11 Å². The monoisotopic (exact) mass is 308 g/mol. The molecule has 0 amide bonds. The van der Waals surface area contributed by atoms with E-state index in [1.54, 1.807) is 11.4 Å². The molecule has 18 heavy (non-hydrogen) atoms. The van der Waals surface area contributed by atoms with Crippen molar-refractivity contribution in [2.24, 2.45) is 0 Å². The van der Waals surface area contributed by atoms with Crippen molar-refractivity contribution in [1.29, 1.82) is 0 Å². The number of methoxy groups -OCH3 is 1. The Morgan fingerprint density at radius 1 is 1.28 bits per heavy atom. The molecule has 1 heterocycles. The molecule has 1 aromatic carbocycles. The average Bonchev–Trinajstić information content (AvgIpc) is 2.74. The van der Waals surface area contributed by atoms with Crippen molar-refractivity contribution in [3.05, 3.63) is 50.7 Å². The molecule has 0 saturated carbocycles. The van der Waals surface area contributed by atoms with E-state index in [0.717, 1.165) is 12.1 Å². The maximum absolute atomic E-state index is 13.8. The highest BCUT2D eigenvalue weighted by Crippen LogP contribution is 2.40. The van der Waals surface area contributed by atoms with E-state index in [2.05, 4.69) is 0 Å². The minimum atomic E-state index is -0.955. The van der Waals surface area contributed by atoms with Gasteiger partial charge >= 0.3 is 0 Å². The Balaban J connectivity index is 2.48. The molecule has 0 aliphatic rings. The summed E-state index contributed by atoms with van der Waals surface area (Å²) in [5, 5.41) is 1.16. The standard InChI is InChI=1S/C12H8Cl2F2OS/c1-17-6-4-8(15)10(9(16)5-6)11(14)12-7(13)2-3-18-12/h2-5,11H,1H3. The lowest BCUT2D eigenvalue weighted by atomic mass is 10.1. The van der Waals surface area contributed by atoms with E-state index < -0.39 is 17.0 Å². The lowest BCUT2D eigenvalue weighted by Gasteiger charge is -2.12. The van der Waals surface area contributed by atoms with Crippen molar-refractivity contribution in [3.8, 4) is 5.75 Å². The van der Waals surface area contributed by atoms with Gasteiger partial charge in [0.1, 0.15) is 17.4 Å². The number of halogens is 4. The van der Waals surface area contributed by atoms with Crippen LogP contribution in [0.25, 0.3) is 0 Å². The van der Waals surface area contributed by atoms with Gasteiger partial charge in [-0.25, -0.2) is 8.78 Å². The molecule has 1 aromatic heterocycles. The van der Waals surface area contributed by atoms with Gasteiger partial charge in [0.15, 0.2) is 0 Å². The van der Waals surface area contributed by atoms with Gasteiger partial charge < -0.3 is 4.74 Å². The minimum absolute atomic E-state index is 0.106. The van der Waals surface area contributed by atoms with Crippen LogP contribution < -0.4 is 4.74 Å². The molecule has 1 atom stereocenters. The Kier molecular flexibility index (Phi) is 4.10. The number of benzene rings is 1. The number of hydrogen-bond acceptors (Lipinski definition) is 2. The van der Waals surface area contributed by atoms with Gasteiger partial charge in [0.2, 0.25) is 0 Å². The van der Waals surface area contributed by atoms with E-state index in [4.69, 9.17) is 27.9 Å². The molecule has 6 heteroatoms. The van der Waals surface area contributed by atoms with Crippen LogP contribution >= 0.6 is 34.5 Å². The molecular formula is C12H8Cl2F2OS. The number of rotatable bonds is 3. The zero-order chi connectivity index (χ0) is 13.3. The molecule has 0 spiro atoms. The zero-order valence-corrected chi connectivity index (χ0v) is 11.5. The molecule has 0 saturated heterocycles. The molecule has 0 aliphatic carbocycles. The molecule has 0 fully saturated rings. The van der Waals surface area contributed by atoms with Gasteiger partial charge in [0.05, 0.1) is 17.5 Å². The summed E-state index contributed by atoms with van der Waals surface area (Å²) in [5.41, 5.74) is -0.221. The molecule has 0 radical (unpaired) electrons. The van der Waals surface area contributed by atoms with Crippen molar-refractivity contribution in [2.45, 2.75) is 5.38 Å². The van der Waals surface area contributed by atoms with E-state index in [1.165, 1.54) is 18.4 Å². The predicted octanol–water partition coefficient (Wildman–Crippen LogP) is 5.02. The van der Waals surface area contributed by atoms with Crippen molar-refractivity contribution in [2.75, 3.05) is 7.11 Å². The molecule has 1 nitrogen and oxygen atoms in total. The summed E-state index contributed by atoms with van der Waals surface area (Å²) >= 11 is 13.2. The number of hydrogen-bond donors (Lipinski definition) is 0. The first-order valence-corrected chi connectivity index (χ1v) is 6.64. The quantitative estimate of drug-likeness (QED) is 0.724. The SMILES string of the molecule is COc1cc(F)c(C(Cl)c2sccc2Cl)c(F)c1. The van der Waals surface area contributed by atoms with Crippen LogP contribution in [0.2, 0.25) is 5.02 Å². The highest BCUT2D eigenvalue weighted by molar-refractivity contribution is 7.11. The third kappa shape index (κ3) is 2.46. The Hall–Kier alpha value is -0.840. The second kappa shape index (κ2) is 5.43. The van der Waals surface area contributed by atoms with Crippen molar-refractivity contribution in [1.82, 2.24) is 0 Å². The molecule has 0 bridgehead atoms. The first kappa shape index (κ1) is 13.6. The van der Waals surface area contributed by atoms with Crippen LogP contribution in [0.3, 0.4) is 0 Å². The van der Waals surface area contributed by atoms with E-state index in [-0.39, 0.29) is 11.3 Å². The highest BCUT2D eigenvalue weighted by Gasteiger charge is 2.24. The second-order valence-corrected chi connectivity index (χ2v) is 5.29. The van der Waals surface area contributed by atoms with Gasteiger partial charge in [-0.1, -0.05) is 11.6 Å². The molecular weight excluding hydrogens is 301 g/mol. The average molecular weight is 309 g/mol. The summed E-state index contributed by atoms with van der Waals surface area (Å²) in [6.07, 6.45) is 0. The molecule has 2 rings (SSSR count). The summed E-state index contributed by atoms with van der Waals surface area (Å²) in [6.45, 7) is 0. The lowest BCUT2D eigenvalue weighted by Crippen LogP contribution is -2.01. The molecule has 1 unspecified atom stereocenters. The van der Waals surface area contributed by atoms with Gasteiger partial charge in [-0.15, -0.1) is 22.9 Å². The Morgan fingerprint density at radius 2 is 1.89 bits per heavy atom. The lowest BCUT2D eigenvalue weighted by molar-refractivity contribution is 0.405. The molecule has 0 aliphatic heterocycles. The smallest absolute Gasteiger partial charge is 0.134 e. The van der Waals surface area contributed by atoms with E-state index >= 15 is 0 Å². The Bertz CT molecular complexity index is 548. The van der Waals surface area contributed by atoms with Gasteiger partial charge in [-0.05, 0) is 11.4 Å². The van der Waals surface area contributed by atoms with Crippen molar-refractivity contribution in [3.63, 3.8) is 0 Å². The maximum atomic E-state index is 13.8. The molecule has 96 valence electrons. The van der Waals surface area contributed by atoms with Crippen molar-refractivity contribution < 1.29 is 13.5 Å². The van der Waals surface area contributed by atoms with Crippen LogP contribution in [0.15, 0.2) is 23.6 Å². The van der Waals surface area contributed by atoms with E-state index in [9.17, 15) is 8.78 Å². The summed E-state index contributed by atoms with van der Waals surface area (Å²) in [5.74, 6) is -1.40. The van der Waals surface area contributed by atoms with E-state index in [0.29, 0.717) is 9.90 Å². The number of alkyl halides is 1.